The lowest BCUT2D eigenvalue weighted by atomic mass is 10.5. The maximum atomic E-state index is 5.90. The lowest BCUT2D eigenvalue weighted by Gasteiger charge is -2.08. The van der Waals surface area contributed by atoms with Gasteiger partial charge in [0.2, 0.25) is 5.88 Å². The number of hydrogen-bond donors (Lipinski definition) is 0. The molecular formula is C13H21ClN2O4. The molecule has 0 atom stereocenters. The summed E-state index contributed by atoms with van der Waals surface area (Å²) in [6, 6.07) is 1.59. The smallest absolute Gasteiger partial charge is 0.218 e. The van der Waals surface area contributed by atoms with Crippen LogP contribution < -0.4 is 4.74 Å². The van der Waals surface area contributed by atoms with Crippen LogP contribution in [0.4, 0.5) is 0 Å². The summed E-state index contributed by atoms with van der Waals surface area (Å²) in [6.07, 6.45) is 0.770. The third-order valence-corrected chi connectivity index (χ3v) is 2.46. The van der Waals surface area contributed by atoms with Crippen LogP contribution in [-0.4, -0.2) is 50.1 Å². The summed E-state index contributed by atoms with van der Waals surface area (Å²) >= 11 is 5.90. The Labute approximate surface area is 124 Å². The standard InChI is InChI=1S/C13H21ClN2O4/c1-3-18-10-12-15-11(14)9-13(16-12)20-6-4-5-19-8-7-17-2/h9H,3-8,10H2,1-2H3. The van der Waals surface area contributed by atoms with Gasteiger partial charge in [-0.05, 0) is 6.92 Å². The molecule has 7 heteroatoms. The number of nitrogens with zero attached hydrogens (tertiary/aromatic N) is 2. The van der Waals surface area contributed by atoms with Crippen molar-refractivity contribution in [1.82, 2.24) is 9.97 Å². The quantitative estimate of drug-likeness (QED) is 0.461. The van der Waals surface area contributed by atoms with Gasteiger partial charge in [0.05, 0.1) is 19.8 Å². The van der Waals surface area contributed by atoms with E-state index in [1.165, 1.54) is 0 Å². The van der Waals surface area contributed by atoms with Gasteiger partial charge in [-0.25, -0.2) is 4.98 Å². The molecule has 0 spiro atoms. The molecule has 0 fully saturated rings. The molecule has 0 amide bonds. The van der Waals surface area contributed by atoms with E-state index in [0.29, 0.717) is 56.5 Å². The van der Waals surface area contributed by atoms with Gasteiger partial charge in [-0.1, -0.05) is 11.6 Å². The Balaban J connectivity index is 2.26. The molecule has 0 aliphatic heterocycles. The van der Waals surface area contributed by atoms with Crippen molar-refractivity contribution in [2.45, 2.75) is 20.0 Å². The highest BCUT2D eigenvalue weighted by molar-refractivity contribution is 6.29. The molecule has 1 heterocycles. The Bertz CT molecular complexity index is 379. The molecule has 114 valence electrons. The Morgan fingerprint density at radius 1 is 1.10 bits per heavy atom. The number of rotatable bonds is 11. The second-order valence-electron chi connectivity index (χ2n) is 3.89. The van der Waals surface area contributed by atoms with Crippen molar-refractivity contribution in [2.75, 3.05) is 40.1 Å². The van der Waals surface area contributed by atoms with Crippen molar-refractivity contribution < 1.29 is 18.9 Å². The van der Waals surface area contributed by atoms with Gasteiger partial charge in [0.25, 0.3) is 0 Å². The Morgan fingerprint density at radius 3 is 2.70 bits per heavy atom. The lowest BCUT2D eigenvalue weighted by molar-refractivity contribution is 0.0641. The fourth-order valence-corrected chi connectivity index (χ4v) is 1.55. The second-order valence-corrected chi connectivity index (χ2v) is 4.28. The maximum Gasteiger partial charge on any atom is 0.218 e. The summed E-state index contributed by atoms with van der Waals surface area (Å²) < 4.78 is 21.0. The molecular weight excluding hydrogens is 284 g/mol. The molecule has 0 saturated heterocycles. The summed E-state index contributed by atoms with van der Waals surface area (Å²) in [5, 5.41) is 0.348. The van der Waals surface area contributed by atoms with Crippen molar-refractivity contribution in [2.24, 2.45) is 0 Å². The zero-order valence-corrected chi connectivity index (χ0v) is 12.7. The molecule has 0 radical (unpaired) electrons. The van der Waals surface area contributed by atoms with E-state index in [2.05, 4.69) is 9.97 Å². The normalized spacial score (nSPS) is 10.8. The molecule has 0 aromatic carbocycles. The van der Waals surface area contributed by atoms with E-state index in [1.54, 1.807) is 13.2 Å². The fraction of sp³-hybridized carbons (Fsp3) is 0.692. The summed E-state index contributed by atoms with van der Waals surface area (Å²) in [7, 11) is 1.64. The van der Waals surface area contributed by atoms with Crippen LogP contribution in [-0.2, 0) is 20.8 Å². The maximum absolute atomic E-state index is 5.90. The zero-order chi connectivity index (χ0) is 14.6. The predicted molar refractivity (Wildman–Crippen MR) is 75.2 cm³/mol. The predicted octanol–water partition coefficient (Wildman–Crippen LogP) is 2.10. The summed E-state index contributed by atoms with van der Waals surface area (Å²) in [5.41, 5.74) is 0. The first kappa shape index (κ1) is 17.1. The Morgan fingerprint density at radius 2 is 1.95 bits per heavy atom. The third kappa shape index (κ3) is 7.59. The molecule has 1 aromatic rings. The van der Waals surface area contributed by atoms with Crippen molar-refractivity contribution >= 4 is 11.6 Å². The van der Waals surface area contributed by atoms with Crippen LogP contribution in [0.2, 0.25) is 5.15 Å². The second kappa shape index (κ2) is 10.8. The molecule has 6 nitrogen and oxygen atoms in total. The molecule has 0 aliphatic rings. The topological polar surface area (TPSA) is 62.7 Å². The first-order valence-electron chi connectivity index (χ1n) is 6.57. The van der Waals surface area contributed by atoms with Crippen LogP contribution in [0.15, 0.2) is 6.07 Å². The van der Waals surface area contributed by atoms with E-state index < -0.39 is 0 Å². The number of hydrogen-bond acceptors (Lipinski definition) is 6. The SMILES string of the molecule is CCOCc1nc(Cl)cc(OCCCOCCOC)n1. The van der Waals surface area contributed by atoms with Crippen LogP contribution in [0.1, 0.15) is 19.2 Å². The molecule has 0 unspecified atom stereocenters. The van der Waals surface area contributed by atoms with Gasteiger partial charge in [-0.15, -0.1) is 0 Å². The van der Waals surface area contributed by atoms with Gasteiger partial charge >= 0.3 is 0 Å². The summed E-state index contributed by atoms with van der Waals surface area (Å²) in [6.45, 7) is 5.16. The third-order valence-electron chi connectivity index (χ3n) is 2.27. The Kier molecular flexibility index (Phi) is 9.23. The van der Waals surface area contributed by atoms with Gasteiger partial charge in [-0.2, -0.15) is 4.98 Å². The van der Waals surface area contributed by atoms with E-state index in [-0.39, 0.29) is 0 Å². The average molecular weight is 305 g/mol. The van der Waals surface area contributed by atoms with Crippen LogP contribution in [0.25, 0.3) is 0 Å². The molecule has 1 aromatic heterocycles. The van der Waals surface area contributed by atoms with Gasteiger partial charge in [0, 0.05) is 32.8 Å². The summed E-state index contributed by atoms with van der Waals surface area (Å²) in [5.74, 6) is 0.974. The molecule has 0 bridgehead atoms. The van der Waals surface area contributed by atoms with Crippen LogP contribution in [0, 0.1) is 0 Å². The minimum atomic E-state index is 0.327. The minimum Gasteiger partial charge on any atom is -0.477 e. The van der Waals surface area contributed by atoms with Crippen molar-refractivity contribution in [3.63, 3.8) is 0 Å². The van der Waals surface area contributed by atoms with Crippen LogP contribution in [0.3, 0.4) is 0 Å². The first-order chi connectivity index (χ1) is 9.76. The summed E-state index contributed by atoms with van der Waals surface area (Å²) in [4.78, 5) is 8.27. The van der Waals surface area contributed by atoms with E-state index in [9.17, 15) is 0 Å². The highest BCUT2D eigenvalue weighted by atomic mass is 35.5. The van der Waals surface area contributed by atoms with Crippen molar-refractivity contribution in [3.8, 4) is 5.88 Å². The van der Waals surface area contributed by atoms with E-state index in [0.717, 1.165) is 6.42 Å². The van der Waals surface area contributed by atoms with Gasteiger partial charge in [0.15, 0.2) is 5.82 Å². The lowest BCUT2D eigenvalue weighted by Crippen LogP contribution is -2.08. The number of halogens is 1. The van der Waals surface area contributed by atoms with E-state index >= 15 is 0 Å². The number of ether oxygens (including phenoxy) is 4. The van der Waals surface area contributed by atoms with Gasteiger partial charge in [-0.3, -0.25) is 0 Å². The van der Waals surface area contributed by atoms with Crippen molar-refractivity contribution in [1.29, 1.82) is 0 Å². The molecule has 1 rings (SSSR count). The van der Waals surface area contributed by atoms with E-state index in [4.69, 9.17) is 30.5 Å². The van der Waals surface area contributed by atoms with Crippen molar-refractivity contribution in [3.05, 3.63) is 17.0 Å². The molecule has 0 N–H and O–H groups in total. The highest BCUT2D eigenvalue weighted by Gasteiger charge is 2.04. The number of methoxy groups -OCH3 is 1. The zero-order valence-electron chi connectivity index (χ0n) is 11.9. The highest BCUT2D eigenvalue weighted by Crippen LogP contribution is 2.14. The van der Waals surface area contributed by atoms with Crippen LogP contribution >= 0.6 is 11.6 Å². The van der Waals surface area contributed by atoms with Gasteiger partial charge in [0.1, 0.15) is 11.8 Å². The van der Waals surface area contributed by atoms with Crippen LogP contribution in [0.5, 0.6) is 5.88 Å². The molecule has 0 aliphatic carbocycles. The average Bonchev–Trinajstić information content (AvgIpc) is 2.43. The monoisotopic (exact) mass is 304 g/mol. The largest absolute Gasteiger partial charge is 0.477 e. The molecule has 20 heavy (non-hydrogen) atoms. The number of aromatic nitrogens is 2. The molecule has 0 saturated carbocycles. The fourth-order valence-electron chi connectivity index (χ4n) is 1.36. The minimum absolute atomic E-state index is 0.327. The Hall–Kier alpha value is -0.950. The van der Waals surface area contributed by atoms with E-state index in [1.807, 2.05) is 6.92 Å². The first-order valence-corrected chi connectivity index (χ1v) is 6.94. The van der Waals surface area contributed by atoms with Gasteiger partial charge < -0.3 is 18.9 Å².